The van der Waals surface area contributed by atoms with Crippen LogP contribution >= 0.6 is 0 Å². The van der Waals surface area contributed by atoms with Crippen molar-refractivity contribution in [1.29, 1.82) is 0 Å². The maximum atomic E-state index is 12.7. The molecule has 0 aliphatic rings. The van der Waals surface area contributed by atoms with Gasteiger partial charge in [0.15, 0.2) is 6.29 Å². The average Bonchev–Trinajstić information content (AvgIpc) is 2.91. The second kappa shape index (κ2) is 7.05. The van der Waals surface area contributed by atoms with Gasteiger partial charge in [0.2, 0.25) is 0 Å². The Morgan fingerprint density at radius 2 is 1.54 bits per heavy atom. The molecule has 1 heterocycles. The fourth-order valence-corrected chi connectivity index (χ4v) is 3.25. The standard InChI is InChI=1S/C20H23NO3/c1-4-17(20(22)24-14(3)23-5-2)21-18-12-8-6-10-15(18)16-11-7-9-13-19(16)21/h6-14,17H,4-5H2,1-3H3. The molecule has 0 saturated carbocycles. The predicted octanol–water partition coefficient (Wildman–Crippen LogP) is 4.67. The number of hydrogen-bond acceptors (Lipinski definition) is 3. The smallest absolute Gasteiger partial charge is 0.331 e. The monoisotopic (exact) mass is 325 g/mol. The molecule has 0 fully saturated rings. The highest BCUT2D eigenvalue weighted by Crippen LogP contribution is 2.33. The van der Waals surface area contributed by atoms with Gasteiger partial charge in [-0.2, -0.15) is 0 Å². The van der Waals surface area contributed by atoms with Crippen molar-refractivity contribution < 1.29 is 14.3 Å². The molecule has 2 unspecified atom stereocenters. The Balaban J connectivity index is 2.09. The van der Waals surface area contributed by atoms with Crippen molar-refractivity contribution in [2.75, 3.05) is 6.61 Å². The third kappa shape index (κ3) is 2.89. The molecule has 0 saturated heterocycles. The lowest BCUT2D eigenvalue weighted by Gasteiger charge is -2.21. The summed E-state index contributed by atoms with van der Waals surface area (Å²) in [5, 5.41) is 2.30. The number of esters is 1. The number of nitrogens with zero attached hydrogens (tertiary/aromatic N) is 1. The summed E-state index contributed by atoms with van der Waals surface area (Å²) >= 11 is 0. The van der Waals surface area contributed by atoms with Gasteiger partial charge in [0.05, 0.1) is 0 Å². The molecule has 3 rings (SSSR count). The molecule has 0 amide bonds. The molecule has 4 nitrogen and oxygen atoms in total. The van der Waals surface area contributed by atoms with Gasteiger partial charge in [-0.15, -0.1) is 0 Å². The van der Waals surface area contributed by atoms with E-state index in [4.69, 9.17) is 9.47 Å². The van der Waals surface area contributed by atoms with Gasteiger partial charge < -0.3 is 14.0 Å². The first-order valence-electron chi connectivity index (χ1n) is 8.47. The second-order valence-corrected chi connectivity index (χ2v) is 5.79. The van der Waals surface area contributed by atoms with Gasteiger partial charge in [-0.1, -0.05) is 43.3 Å². The molecule has 1 aromatic heterocycles. The maximum absolute atomic E-state index is 12.7. The van der Waals surface area contributed by atoms with Crippen molar-refractivity contribution in [2.24, 2.45) is 0 Å². The Labute approximate surface area is 142 Å². The third-order valence-corrected chi connectivity index (χ3v) is 4.27. The fourth-order valence-electron chi connectivity index (χ4n) is 3.25. The SMILES string of the molecule is CCOC(C)OC(=O)C(CC)n1c2ccccc2c2ccccc21. The molecular weight excluding hydrogens is 302 g/mol. The molecule has 0 spiro atoms. The Bertz CT molecular complexity index is 799. The van der Waals surface area contributed by atoms with Gasteiger partial charge in [0, 0.05) is 28.4 Å². The van der Waals surface area contributed by atoms with E-state index in [9.17, 15) is 4.79 Å². The van der Waals surface area contributed by atoms with E-state index in [2.05, 4.69) is 28.8 Å². The summed E-state index contributed by atoms with van der Waals surface area (Å²) in [4.78, 5) is 12.7. The number of hydrogen-bond donors (Lipinski definition) is 0. The number of ether oxygens (including phenoxy) is 2. The molecule has 0 N–H and O–H groups in total. The molecule has 24 heavy (non-hydrogen) atoms. The zero-order valence-electron chi connectivity index (χ0n) is 14.4. The zero-order valence-corrected chi connectivity index (χ0v) is 14.4. The van der Waals surface area contributed by atoms with Crippen LogP contribution in [0.25, 0.3) is 21.8 Å². The summed E-state index contributed by atoms with van der Waals surface area (Å²) in [5.41, 5.74) is 2.10. The Morgan fingerprint density at radius 3 is 2.04 bits per heavy atom. The van der Waals surface area contributed by atoms with Gasteiger partial charge >= 0.3 is 5.97 Å². The second-order valence-electron chi connectivity index (χ2n) is 5.79. The minimum atomic E-state index is -0.537. The molecule has 3 aromatic rings. The highest BCUT2D eigenvalue weighted by Gasteiger charge is 2.25. The summed E-state index contributed by atoms with van der Waals surface area (Å²) in [7, 11) is 0. The van der Waals surface area contributed by atoms with Crippen LogP contribution in [0.2, 0.25) is 0 Å². The number of para-hydroxylation sites is 2. The number of benzene rings is 2. The van der Waals surface area contributed by atoms with E-state index in [1.807, 2.05) is 38.1 Å². The van der Waals surface area contributed by atoms with Crippen molar-refractivity contribution >= 4 is 27.8 Å². The summed E-state index contributed by atoms with van der Waals surface area (Å²) in [5.74, 6) is -0.259. The Kier molecular flexibility index (Phi) is 4.86. The topological polar surface area (TPSA) is 40.5 Å². The Hall–Kier alpha value is -2.33. The Morgan fingerprint density at radius 1 is 1.00 bits per heavy atom. The van der Waals surface area contributed by atoms with Crippen molar-refractivity contribution in [3.63, 3.8) is 0 Å². The van der Waals surface area contributed by atoms with E-state index in [1.54, 1.807) is 6.92 Å². The third-order valence-electron chi connectivity index (χ3n) is 4.27. The largest absolute Gasteiger partial charge is 0.435 e. The van der Waals surface area contributed by atoms with Crippen LogP contribution in [-0.4, -0.2) is 23.4 Å². The minimum Gasteiger partial charge on any atom is -0.435 e. The molecule has 4 heteroatoms. The van der Waals surface area contributed by atoms with Crippen LogP contribution in [-0.2, 0) is 14.3 Å². The predicted molar refractivity (Wildman–Crippen MR) is 96.0 cm³/mol. The van der Waals surface area contributed by atoms with E-state index < -0.39 is 6.29 Å². The van der Waals surface area contributed by atoms with E-state index in [1.165, 1.54) is 0 Å². The van der Waals surface area contributed by atoms with Gasteiger partial charge in [0.25, 0.3) is 0 Å². The molecule has 0 aliphatic carbocycles. The van der Waals surface area contributed by atoms with Crippen molar-refractivity contribution in [2.45, 2.75) is 39.5 Å². The first-order valence-corrected chi connectivity index (χ1v) is 8.47. The molecule has 2 aromatic carbocycles. The highest BCUT2D eigenvalue weighted by molar-refractivity contribution is 6.08. The number of fused-ring (bicyclic) bond motifs is 3. The van der Waals surface area contributed by atoms with Crippen molar-refractivity contribution in [1.82, 2.24) is 4.57 Å². The van der Waals surface area contributed by atoms with Gasteiger partial charge in [-0.05, 0) is 32.4 Å². The fraction of sp³-hybridized carbons (Fsp3) is 0.350. The number of carbonyl (C=O) groups excluding carboxylic acids is 1. The van der Waals surface area contributed by atoms with Crippen LogP contribution in [0.3, 0.4) is 0 Å². The zero-order chi connectivity index (χ0) is 17.1. The van der Waals surface area contributed by atoms with Crippen molar-refractivity contribution in [3.8, 4) is 0 Å². The maximum Gasteiger partial charge on any atom is 0.331 e. The van der Waals surface area contributed by atoms with Crippen LogP contribution < -0.4 is 0 Å². The highest BCUT2D eigenvalue weighted by atomic mass is 16.7. The summed E-state index contributed by atoms with van der Waals surface area (Å²) in [6.45, 7) is 6.15. The lowest BCUT2D eigenvalue weighted by atomic mass is 10.2. The van der Waals surface area contributed by atoms with Crippen LogP contribution in [0, 0.1) is 0 Å². The average molecular weight is 325 g/mol. The summed E-state index contributed by atoms with van der Waals surface area (Å²) in [6.07, 6.45) is 0.116. The molecule has 126 valence electrons. The normalized spacial score (nSPS) is 14.0. The summed E-state index contributed by atoms with van der Waals surface area (Å²) in [6, 6.07) is 16.0. The van der Waals surface area contributed by atoms with Crippen LogP contribution in [0.5, 0.6) is 0 Å². The van der Waals surface area contributed by atoms with Crippen LogP contribution in [0.15, 0.2) is 48.5 Å². The number of carbonyl (C=O) groups is 1. The lowest BCUT2D eigenvalue weighted by molar-refractivity contribution is -0.177. The summed E-state index contributed by atoms with van der Waals surface area (Å²) < 4.78 is 12.9. The van der Waals surface area contributed by atoms with E-state index in [0.29, 0.717) is 13.0 Å². The van der Waals surface area contributed by atoms with Gasteiger partial charge in [0.1, 0.15) is 6.04 Å². The van der Waals surface area contributed by atoms with Crippen LogP contribution in [0.4, 0.5) is 0 Å². The molecule has 2 atom stereocenters. The number of aromatic nitrogens is 1. The molecule has 0 radical (unpaired) electrons. The minimum absolute atomic E-state index is 0.259. The lowest BCUT2D eigenvalue weighted by Crippen LogP contribution is -2.26. The van der Waals surface area contributed by atoms with Gasteiger partial charge in [-0.3, -0.25) is 0 Å². The molecule has 0 aliphatic heterocycles. The van der Waals surface area contributed by atoms with Crippen molar-refractivity contribution in [3.05, 3.63) is 48.5 Å². The van der Waals surface area contributed by atoms with Gasteiger partial charge in [-0.25, -0.2) is 4.79 Å². The van der Waals surface area contributed by atoms with Crippen LogP contribution in [0.1, 0.15) is 33.2 Å². The molecule has 0 bridgehead atoms. The van der Waals surface area contributed by atoms with E-state index >= 15 is 0 Å². The molecular formula is C20H23NO3. The quantitative estimate of drug-likeness (QED) is 0.488. The van der Waals surface area contributed by atoms with E-state index in [0.717, 1.165) is 21.8 Å². The first kappa shape index (κ1) is 16.5. The number of rotatable bonds is 6. The van der Waals surface area contributed by atoms with E-state index in [-0.39, 0.29) is 12.0 Å². The first-order chi connectivity index (χ1) is 11.7.